The Kier molecular flexibility index (Phi) is 5.54. The Morgan fingerprint density at radius 1 is 1.17 bits per heavy atom. The third kappa shape index (κ3) is 4.74. The van der Waals surface area contributed by atoms with Crippen molar-refractivity contribution in [2.24, 2.45) is 0 Å². The van der Waals surface area contributed by atoms with Crippen LogP contribution in [0.2, 0.25) is 5.02 Å². The first-order valence-electron chi connectivity index (χ1n) is 7.45. The molecule has 24 heavy (non-hydrogen) atoms. The second kappa shape index (κ2) is 7.25. The first-order valence-corrected chi connectivity index (χ1v) is 7.83. The van der Waals surface area contributed by atoms with E-state index in [1.54, 1.807) is 13.0 Å². The van der Waals surface area contributed by atoms with E-state index in [9.17, 15) is 13.2 Å². The van der Waals surface area contributed by atoms with Gasteiger partial charge in [-0.05, 0) is 38.5 Å². The van der Waals surface area contributed by atoms with Gasteiger partial charge in [-0.15, -0.1) is 0 Å². The first-order chi connectivity index (χ1) is 11.2. The van der Waals surface area contributed by atoms with Crippen LogP contribution in [0.25, 0.3) is 0 Å². The number of benzene rings is 1. The van der Waals surface area contributed by atoms with Gasteiger partial charge in [0.25, 0.3) is 0 Å². The molecule has 0 radical (unpaired) electrons. The molecule has 0 saturated carbocycles. The summed E-state index contributed by atoms with van der Waals surface area (Å²) < 4.78 is 39.5. The summed E-state index contributed by atoms with van der Waals surface area (Å²) in [6, 6.07) is 5.33. The summed E-state index contributed by atoms with van der Waals surface area (Å²) in [5.74, 6) is 1.29. The van der Waals surface area contributed by atoms with Gasteiger partial charge < -0.3 is 10.6 Å². The van der Waals surface area contributed by atoms with Gasteiger partial charge in [0.15, 0.2) is 0 Å². The predicted octanol–water partition coefficient (Wildman–Crippen LogP) is 5.41. The van der Waals surface area contributed by atoms with Crippen molar-refractivity contribution in [3.05, 3.63) is 40.7 Å². The summed E-state index contributed by atoms with van der Waals surface area (Å²) in [7, 11) is 0. The average molecular weight is 359 g/mol. The largest absolute Gasteiger partial charge is 0.418 e. The Bertz CT molecular complexity index is 719. The normalized spacial score (nSPS) is 12.8. The van der Waals surface area contributed by atoms with Crippen LogP contribution in [0.15, 0.2) is 24.3 Å². The molecular formula is C16H18ClF3N4. The standard InChI is InChI=1S/C16H18ClF3N4/c1-4-9(2)21-14-8-15(23-10(3)22-14)24-13-6-5-11(17)7-12(13)16(18,19)20/h5-9H,4H2,1-3H3,(H2,21,22,23,24). The van der Waals surface area contributed by atoms with Crippen molar-refractivity contribution in [3.63, 3.8) is 0 Å². The maximum atomic E-state index is 13.2. The second-order valence-electron chi connectivity index (χ2n) is 5.45. The van der Waals surface area contributed by atoms with Crippen LogP contribution in [0.4, 0.5) is 30.5 Å². The van der Waals surface area contributed by atoms with Crippen molar-refractivity contribution in [1.82, 2.24) is 9.97 Å². The van der Waals surface area contributed by atoms with Crippen molar-refractivity contribution in [2.75, 3.05) is 10.6 Å². The molecule has 2 N–H and O–H groups in total. The monoisotopic (exact) mass is 358 g/mol. The fraction of sp³-hybridized carbons (Fsp3) is 0.375. The van der Waals surface area contributed by atoms with Crippen LogP contribution >= 0.6 is 11.6 Å². The molecular weight excluding hydrogens is 341 g/mol. The number of aryl methyl sites for hydroxylation is 1. The molecule has 0 spiro atoms. The van der Waals surface area contributed by atoms with Crippen LogP contribution in [0.5, 0.6) is 0 Å². The molecule has 2 aromatic rings. The fourth-order valence-corrected chi connectivity index (χ4v) is 2.23. The molecule has 0 bridgehead atoms. The Labute approximate surface area is 143 Å². The molecule has 1 unspecified atom stereocenters. The quantitative estimate of drug-likeness (QED) is 0.750. The second-order valence-corrected chi connectivity index (χ2v) is 5.89. The summed E-state index contributed by atoms with van der Waals surface area (Å²) >= 11 is 5.69. The Morgan fingerprint density at radius 3 is 2.46 bits per heavy atom. The molecule has 0 aliphatic rings. The summed E-state index contributed by atoms with van der Waals surface area (Å²) in [5.41, 5.74) is -0.956. The highest BCUT2D eigenvalue weighted by Crippen LogP contribution is 2.37. The number of hydrogen-bond acceptors (Lipinski definition) is 4. The number of rotatable bonds is 5. The van der Waals surface area contributed by atoms with Gasteiger partial charge in [0, 0.05) is 17.1 Å². The van der Waals surface area contributed by atoms with Crippen LogP contribution in [0, 0.1) is 6.92 Å². The minimum atomic E-state index is -4.52. The lowest BCUT2D eigenvalue weighted by molar-refractivity contribution is -0.136. The molecule has 1 atom stereocenters. The molecule has 0 saturated heterocycles. The molecule has 2 rings (SSSR count). The van der Waals surface area contributed by atoms with Crippen molar-refractivity contribution in [3.8, 4) is 0 Å². The Hall–Kier alpha value is -2.02. The van der Waals surface area contributed by atoms with Gasteiger partial charge in [-0.2, -0.15) is 13.2 Å². The van der Waals surface area contributed by atoms with Crippen LogP contribution < -0.4 is 10.6 Å². The van der Waals surface area contributed by atoms with Crippen LogP contribution in [-0.2, 0) is 6.18 Å². The number of halogens is 4. The molecule has 8 heteroatoms. The third-order valence-corrected chi connectivity index (χ3v) is 3.63. The lowest BCUT2D eigenvalue weighted by atomic mass is 10.1. The van der Waals surface area contributed by atoms with E-state index in [2.05, 4.69) is 20.6 Å². The molecule has 1 aromatic carbocycles. The number of alkyl halides is 3. The van der Waals surface area contributed by atoms with Gasteiger partial charge in [-0.3, -0.25) is 0 Å². The predicted molar refractivity (Wildman–Crippen MR) is 89.9 cm³/mol. The SMILES string of the molecule is CCC(C)Nc1cc(Nc2ccc(Cl)cc2C(F)(F)F)nc(C)n1. The highest BCUT2D eigenvalue weighted by molar-refractivity contribution is 6.30. The number of hydrogen-bond donors (Lipinski definition) is 2. The molecule has 0 fully saturated rings. The van der Waals surface area contributed by atoms with E-state index < -0.39 is 11.7 Å². The van der Waals surface area contributed by atoms with Gasteiger partial charge in [-0.1, -0.05) is 18.5 Å². The van der Waals surface area contributed by atoms with Crippen LogP contribution in [0.1, 0.15) is 31.7 Å². The zero-order chi connectivity index (χ0) is 17.9. The van der Waals surface area contributed by atoms with Crippen molar-refractivity contribution in [1.29, 1.82) is 0 Å². The zero-order valence-corrected chi connectivity index (χ0v) is 14.3. The van der Waals surface area contributed by atoms with E-state index in [0.29, 0.717) is 11.6 Å². The summed E-state index contributed by atoms with van der Waals surface area (Å²) in [6.07, 6.45) is -3.63. The molecule has 0 aliphatic heterocycles. The van der Waals surface area contributed by atoms with E-state index in [1.807, 2.05) is 13.8 Å². The van der Waals surface area contributed by atoms with E-state index in [0.717, 1.165) is 12.5 Å². The van der Waals surface area contributed by atoms with E-state index in [1.165, 1.54) is 12.1 Å². The van der Waals surface area contributed by atoms with Gasteiger partial charge in [0.2, 0.25) is 0 Å². The number of nitrogens with zero attached hydrogens (tertiary/aromatic N) is 2. The third-order valence-electron chi connectivity index (χ3n) is 3.39. The van der Waals surface area contributed by atoms with E-state index >= 15 is 0 Å². The smallest absolute Gasteiger partial charge is 0.367 e. The topological polar surface area (TPSA) is 49.8 Å². The van der Waals surface area contributed by atoms with E-state index in [-0.39, 0.29) is 22.6 Å². The van der Waals surface area contributed by atoms with Crippen LogP contribution in [-0.4, -0.2) is 16.0 Å². The van der Waals surface area contributed by atoms with Gasteiger partial charge in [-0.25, -0.2) is 9.97 Å². The lowest BCUT2D eigenvalue weighted by Gasteiger charge is -2.16. The molecule has 4 nitrogen and oxygen atoms in total. The average Bonchev–Trinajstić information content (AvgIpc) is 2.47. The number of anilines is 3. The molecule has 1 heterocycles. The van der Waals surface area contributed by atoms with Gasteiger partial charge in [0.1, 0.15) is 17.5 Å². The summed E-state index contributed by atoms with van der Waals surface area (Å²) in [4.78, 5) is 8.39. The molecule has 0 aliphatic carbocycles. The number of aromatic nitrogens is 2. The van der Waals surface area contributed by atoms with Gasteiger partial charge in [0.05, 0.1) is 11.3 Å². The van der Waals surface area contributed by atoms with Crippen molar-refractivity contribution >= 4 is 28.9 Å². The minimum Gasteiger partial charge on any atom is -0.367 e. The van der Waals surface area contributed by atoms with Crippen LogP contribution in [0.3, 0.4) is 0 Å². The highest BCUT2D eigenvalue weighted by atomic mass is 35.5. The fourth-order valence-electron chi connectivity index (χ4n) is 2.06. The van der Waals surface area contributed by atoms with Crippen molar-refractivity contribution < 1.29 is 13.2 Å². The molecule has 0 amide bonds. The number of nitrogens with one attached hydrogen (secondary N) is 2. The highest BCUT2D eigenvalue weighted by Gasteiger charge is 2.34. The minimum absolute atomic E-state index is 0.0193. The lowest BCUT2D eigenvalue weighted by Crippen LogP contribution is -2.15. The van der Waals surface area contributed by atoms with E-state index in [4.69, 9.17) is 11.6 Å². The Balaban J connectivity index is 2.35. The summed E-state index contributed by atoms with van der Waals surface area (Å²) in [6.45, 7) is 5.69. The molecule has 1 aromatic heterocycles. The maximum absolute atomic E-state index is 13.2. The zero-order valence-electron chi connectivity index (χ0n) is 13.5. The summed E-state index contributed by atoms with van der Waals surface area (Å²) in [5, 5.41) is 5.91. The first kappa shape index (κ1) is 18.3. The Morgan fingerprint density at radius 2 is 1.83 bits per heavy atom. The maximum Gasteiger partial charge on any atom is 0.418 e. The van der Waals surface area contributed by atoms with Gasteiger partial charge >= 0.3 is 6.18 Å². The van der Waals surface area contributed by atoms with Crippen molar-refractivity contribution in [2.45, 2.75) is 39.4 Å². The molecule has 130 valence electrons.